The van der Waals surface area contributed by atoms with E-state index in [9.17, 15) is 0 Å². The maximum absolute atomic E-state index is 9.11. The lowest BCUT2D eigenvalue weighted by molar-refractivity contribution is 1.45. The van der Waals surface area contributed by atoms with Gasteiger partial charge in [0, 0.05) is 11.1 Å². The van der Waals surface area contributed by atoms with Crippen LogP contribution in [0.3, 0.4) is 0 Å². The molecular formula is C20H14N2. The SMILES string of the molecule is N#Cc1cccc(C(=Nc2ccccc2)c2ccccc2)c1. The van der Waals surface area contributed by atoms with E-state index in [4.69, 9.17) is 10.3 Å². The summed E-state index contributed by atoms with van der Waals surface area (Å²) in [7, 11) is 0. The Balaban J connectivity index is 2.15. The molecule has 3 aromatic carbocycles. The summed E-state index contributed by atoms with van der Waals surface area (Å²) >= 11 is 0. The Morgan fingerprint density at radius 3 is 2.05 bits per heavy atom. The van der Waals surface area contributed by atoms with E-state index in [0.717, 1.165) is 22.5 Å². The first-order valence-electron chi connectivity index (χ1n) is 7.06. The molecule has 0 N–H and O–H groups in total. The second kappa shape index (κ2) is 6.51. The van der Waals surface area contributed by atoms with Crippen molar-refractivity contribution in [3.05, 3.63) is 102 Å². The average molecular weight is 282 g/mol. The quantitative estimate of drug-likeness (QED) is 0.640. The van der Waals surface area contributed by atoms with Crippen LogP contribution in [0.1, 0.15) is 16.7 Å². The summed E-state index contributed by atoms with van der Waals surface area (Å²) in [5.41, 5.74) is 4.36. The van der Waals surface area contributed by atoms with Crippen molar-refractivity contribution < 1.29 is 0 Å². The van der Waals surface area contributed by atoms with Gasteiger partial charge < -0.3 is 0 Å². The summed E-state index contributed by atoms with van der Waals surface area (Å²) in [4.78, 5) is 4.78. The van der Waals surface area contributed by atoms with E-state index in [-0.39, 0.29) is 0 Å². The lowest BCUT2D eigenvalue weighted by Gasteiger charge is -2.08. The number of nitrogens with zero attached hydrogens (tertiary/aromatic N) is 2. The molecule has 0 radical (unpaired) electrons. The lowest BCUT2D eigenvalue weighted by atomic mass is 10.0. The highest BCUT2D eigenvalue weighted by atomic mass is 14.7. The summed E-state index contributed by atoms with van der Waals surface area (Å²) in [5, 5.41) is 9.11. The number of aliphatic imine (C=N–C) groups is 1. The Labute approximate surface area is 130 Å². The highest BCUT2D eigenvalue weighted by Gasteiger charge is 2.08. The molecule has 0 atom stereocenters. The number of rotatable bonds is 3. The van der Waals surface area contributed by atoms with Gasteiger partial charge in [-0.25, -0.2) is 4.99 Å². The second-order valence-electron chi connectivity index (χ2n) is 4.85. The Bertz CT molecular complexity index is 828. The number of para-hydroxylation sites is 1. The van der Waals surface area contributed by atoms with Crippen molar-refractivity contribution in [1.29, 1.82) is 5.26 Å². The van der Waals surface area contributed by atoms with Crippen molar-refractivity contribution in [3.63, 3.8) is 0 Å². The highest BCUT2D eigenvalue weighted by Crippen LogP contribution is 2.18. The fourth-order valence-corrected chi connectivity index (χ4v) is 2.26. The second-order valence-corrected chi connectivity index (χ2v) is 4.85. The van der Waals surface area contributed by atoms with Crippen molar-refractivity contribution >= 4 is 11.4 Å². The van der Waals surface area contributed by atoms with Crippen molar-refractivity contribution in [2.45, 2.75) is 0 Å². The van der Waals surface area contributed by atoms with E-state index in [1.54, 1.807) is 6.07 Å². The van der Waals surface area contributed by atoms with Gasteiger partial charge in [0.25, 0.3) is 0 Å². The molecule has 0 unspecified atom stereocenters. The van der Waals surface area contributed by atoms with Crippen LogP contribution in [0.5, 0.6) is 0 Å². The van der Waals surface area contributed by atoms with Gasteiger partial charge in [-0.05, 0) is 24.3 Å². The average Bonchev–Trinajstić information content (AvgIpc) is 2.61. The zero-order chi connectivity index (χ0) is 15.2. The van der Waals surface area contributed by atoms with Gasteiger partial charge in [-0.3, -0.25) is 0 Å². The van der Waals surface area contributed by atoms with Crippen molar-refractivity contribution in [2.24, 2.45) is 4.99 Å². The molecule has 0 aromatic heterocycles. The predicted molar refractivity (Wildman–Crippen MR) is 89.3 cm³/mol. The van der Waals surface area contributed by atoms with Gasteiger partial charge in [0.2, 0.25) is 0 Å². The van der Waals surface area contributed by atoms with Crippen LogP contribution in [0.25, 0.3) is 0 Å². The van der Waals surface area contributed by atoms with E-state index >= 15 is 0 Å². The molecule has 104 valence electrons. The molecule has 0 saturated carbocycles. The van der Waals surface area contributed by atoms with Crippen molar-refractivity contribution in [2.75, 3.05) is 0 Å². The summed E-state index contributed by atoms with van der Waals surface area (Å²) in [6.07, 6.45) is 0. The minimum absolute atomic E-state index is 0.634. The van der Waals surface area contributed by atoms with Crippen LogP contribution in [-0.4, -0.2) is 5.71 Å². The third kappa shape index (κ3) is 3.11. The van der Waals surface area contributed by atoms with Gasteiger partial charge in [0.15, 0.2) is 0 Å². The Morgan fingerprint density at radius 2 is 1.36 bits per heavy atom. The molecule has 0 aliphatic carbocycles. The lowest BCUT2D eigenvalue weighted by Crippen LogP contribution is -2.03. The van der Waals surface area contributed by atoms with Crippen LogP contribution in [0.15, 0.2) is 89.9 Å². The zero-order valence-electron chi connectivity index (χ0n) is 12.0. The number of nitriles is 1. The first kappa shape index (κ1) is 13.8. The van der Waals surface area contributed by atoms with Gasteiger partial charge in [0.1, 0.15) is 0 Å². The number of hydrogen-bond acceptors (Lipinski definition) is 2. The fraction of sp³-hybridized carbons (Fsp3) is 0. The molecule has 0 saturated heterocycles. The van der Waals surface area contributed by atoms with Crippen molar-refractivity contribution in [1.82, 2.24) is 0 Å². The molecule has 0 aliphatic heterocycles. The molecule has 0 fully saturated rings. The first-order chi connectivity index (χ1) is 10.9. The summed E-state index contributed by atoms with van der Waals surface area (Å²) in [6, 6.07) is 29.6. The van der Waals surface area contributed by atoms with E-state index in [1.807, 2.05) is 78.9 Å². The third-order valence-corrected chi connectivity index (χ3v) is 3.31. The highest BCUT2D eigenvalue weighted by molar-refractivity contribution is 6.14. The Kier molecular flexibility index (Phi) is 4.08. The Morgan fingerprint density at radius 1 is 0.727 bits per heavy atom. The molecule has 3 rings (SSSR count). The van der Waals surface area contributed by atoms with Crippen LogP contribution in [0.4, 0.5) is 5.69 Å². The van der Waals surface area contributed by atoms with Gasteiger partial charge in [-0.1, -0.05) is 60.7 Å². The third-order valence-electron chi connectivity index (χ3n) is 3.31. The zero-order valence-corrected chi connectivity index (χ0v) is 12.0. The molecule has 2 nitrogen and oxygen atoms in total. The monoisotopic (exact) mass is 282 g/mol. The smallest absolute Gasteiger partial charge is 0.0991 e. The van der Waals surface area contributed by atoms with Gasteiger partial charge >= 0.3 is 0 Å². The summed E-state index contributed by atoms with van der Waals surface area (Å²) in [6.45, 7) is 0. The molecule has 0 amide bonds. The van der Waals surface area contributed by atoms with Crippen LogP contribution >= 0.6 is 0 Å². The Hall–Kier alpha value is -3.18. The van der Waals surface area contributed by atoms with Gasteiger partial charge in [-0.15, -0.1) is 0 Å². The molecule has 0 heterocycles. The fourth-order valence-electron chi connectivity index (χ4n) is 2.26. The number of hydrogen-bond donors (Lipinski definition) is 0. The standard InChI is InChI=1S/C20H14N2/c21-15-16-8-7-11-18(14-16)20(17-9-3-1-4-10-17)22-19-12-5-2-6-13-19/h1-14H. The summed E-state index contributed by atoms with van der Waals surface area (Å²) < 4.78 is 0. The van der Waals surface area contributed by atoms with Crippen LogP contribution in [-0.2, 0) is 0 Å². The van der Waals surface area contributed by atoms with E-state index in [2.05, 4.69) is 6.07 Å². The predicted octanol–water partition coefficient (Wildman–Crippen LogP) is 4.73. The minimum Gasteiger partial charge on any atom is -0.248 e. The minimum atomic E-state index is 0.634. The first-order valence-corrected chi connectivity index (χ1v) is 7.06. The largest absolute Gasteiger partial charge is 0.248 e. The molecular weight excluding hydrogens is 268 g/mol. The van der Waals surface area contributed by atoms with E-state index in [0.29, 0.717) is 5.56 Å². The number of benzene rings is 3. The molecule has 3 aromatic rings. The normalized spacial score (nSPS) is 11.0. The van der Waals surface area contributed by atoms with E-state index in [1.165, 1.54) is 0 Å². The molecule has 2 heteroatoms. The topological polar surface area (TPSA) is 36.1 Å². The summed E-state index contributed by atoms with van der Waals surface area (Å²) in [5.74, 6) is 0. The molecule has 0 aliphatic rings. The van der Waals surface area contributed by atoms with Crippen LogP contribution in [0, 0.1) is 11.3 Å². The molecule has 22 heavy (non-hydrogen) atoms. The van der Waals surface area contributed by atoms with Crippen LogP contribution < -0.4 is 0 Å². The van der Waals surface area contributed by atoms with Crippen molar-refractivity contribution in [3.8, 4) is 6.07 Å². The van der Waals surface area contributed by atoms with Gasteiger partial charge in [-0.2, -0.15) is 5.26 Å². The molecule has 0 bridgehead atoms. The maximum atomic E-state index is 9.11. The van der Waals surface area contributed by atoms with Gasteiger partial charge in [0.05, 0.1) is 23.0 Å². The molecule has 0 spiro atoms. The van der Waals surface area contributed by atoms with E-state index < -0.39 is 0 Å². The maximum Gasteiger partial charge on any atom is 0.0991 e. The van der Waals surface area contributed by atoms with Crippen LogP contribution in [0.2, 0.25) is 0 Å².